The van der Waals surface area contributed by atoms with E-state index in [4.69, 9.17) is 0 Å². The zero-order valence-electron chi connectivity index (χ0n) is 17.0. The van der Waals surface area contributed by atoms with Gasteiger partial charge in [-0.2, -0.15) is 5.10 Å². The van der Waals surface area contributed by atoms with Gasteiger partial charge in [0.15, 0.2) is 5.82 Å². The number of amides is 1. The third-order valence-electron chi connectivity index (χ3n) is 6.00. The molecule has 1 saturated carbocycles. The molecule has 1 aliphatic carbocycles. The topological polar surface area (TPSA) is 81.1 Å². The molecule has 3 N–H and O–H groups in total. The predicted octanol–water partition coefficient (Wildman–Crippen LogP) is 2.13. The number of likely N-dealkylation sites (tertiary alicyclic amines) is 1. The Morgan fingerprint density at radius 2 is 2.06 bits per heavy atom. The molecule has 8 nitrogen and oxygen atoms in total. The summed E-state index contributed by atoms with van der Waals surface area (Å²) in [6.45, 7) is 2.47. The summed E-state index contributed by atoms with van der Waals surface area (Å²) in [5.74, 6) is 3.63. The van der Waals surface area contributed by atoms with Crippen LogP contribution in [0.1, 0.15) is 41.2 Å². The van der Waals surface area contributed by atoms with E-state index in [-0.39, 0.29) is 5.91 Å². The first-order valence-corrected chi connectivity index (χ1v) is 11.5. The first kappa shape index (κ1) is 18.7. The van der Waals surface area contributed by atoms with E-state index in [1.54, 1.807) is 11.9 Å². The number of hydrogen-bond acceptors (Lipinski definition) is 6. The molecule has 1 amide bonds. The molecule has 1 unspecified atom stereocenters. The van der Waals surface area contributed by atoms with Crippen LogP contribution in [-0.4, -0.2) is 50.8 Å². The van der Waals surface area contributed by atoms with Gasteiger partial charge >= 0.3 is 0 Å². The average molecular weight is 435 g/mol. The summed E-state index contributed by atoms with van der Waals surface area (Å²) in [6, 6.07) is 9.98. The zero-order chi connectivity index (χ0) is 20.8. The Labute approximate surface area is 184 Å². The molecule has 9 heteroatoms. The fraction of sp³-hybridized carbons (Fsp3) is 0.318. The lowest BCUT2D eigenvalue weighted by atomic mass is 10.1. The maximum atomic E-state index is 12.4. The van der Waals surface area contributed by atoms with E-state index < -0.39 is 0 Å². The number of benzene rings is 1. The van der Waals surface area contributed by atoms with E-state index in [0.717, 1.165) is 58.9 Å². The summed E-state index contributed by atoms with van der Waals surface area (Å²) in [7, 11) is 0. The van der Waals surface area contributed by atoms with Crippen molar-refractivity contribution in [3.05, 3.63) is 66.0 Å². The molecule has 0 radical (unpaired) electrons. The van der Waals surface area contributed by atoms with Crippen molar-refractivity contribution in [3.63, 3.8) is 0 Å². The van der Waals surface area contributed by atoms with Crippen molar-refractivity contribution < 1.29 is 9.69 Å². The lowest BCUT2D eigenvalue weighted by Crippen LogP contribution is -3.10. The van der Waals surface area contributed by atoms with Gasteiger partial charge in [0, 0.05) is 41.2 Å². The summed E-state index contributed by atoms with van der Waals surface area (Å²) in [5.41, 5.74) is 1.96. The molecule has 2 fully saturated rings. The molecule has 1 saturated heterocycles. The Kier molecular flexibility index (Phi) is 4.57. The number of rotatable bonds is 6. The van der Waals surface area contributed by atoms with Gasteiger partial charge in [-0.05, 0) is 55.5 Å². The first-order valence-electron chi connectivity index (χ1n) is 10.7. The lowest BCUT2D eigenvalue weighted by Gasteiger charge is -2.31. The Morgan fingerprint density at radius 1 is 1.23 bits per heavy atom. The van der Waals surface area contributed by atoms with Gasteiger partial charge in [-0.15, -0.1) is 0 Å². The molecule has 31 heavy (non-hydrogen) atoms. The second kappa shape index (κ2) is 7.58. The van der Waals surface area contributed by atoms with Crippen LogP contribution < -0.4 is 10.2 Å². The molecule has 2 aromatic rings. The van der Waals surface area contributed by atoms with Crippen LogP contribution in [0.15, 0.2) is 64.6 Å². The number of quaternary nitrogens is 1. The van der Waals surface area contributed by atoms with Crippen LogP contribution in [0.5, 0.6) is 0 Å². The molecule has 1 atom stereocenters. The summed E-state index contributed by atoms with van der Waals surface area (Å²) in [4.78, 5) is 21.0. The maximum Gasteiger partial charge on any atom is 0.253 e. The summed E-state index contributed by atoms with van der Waals surface area (Å²) in [5, 5.41) is 11.0. The lowest BCUT2D eigenvalue weighted by molar-refractivity contribution is -0.699. The molecule has 4 heterocycles. The largest absolute Gasteiger partial charge is 0.339 e. The number of hydrogen-bond donors (Lipinski definition) is 3. The van der Waals surface area contributed by atoms with Crippen LogP contribution in [-0.2, 0) is 0 Å². The smallest absolute Gasteiger partial charge is 0.253 e. The monoisotopic (exact) mass is 434 g/mol. The minimum Gasteiger partial charge on any atom is -0.339 e. The predicted molar refractivity (Wildman–Crippen MR) is 119 cm³/mol. The highest BCUT2D eigenvalue weighted by atomic mass is 32.2. The van der Waals surface area contributed by atoms with Crippen LogP contribution in [0.4, 0.5) is 5.82 Å². The highest BCUT2D eigenvalue weighted by Crippen LogP contribution is 2.39. The van der Waals surface area contributed by atoms with Crippen LogP contribution in [0.3, 0.4) is 0 Å². The molecule has 3 aliphatic heterocycles. The molecule has 1 aromatic carbocycles. The van der Waals surface area contributed by atoms with Gasteiger partial charge in [0.1, 0.15) is 12.7 Å². The molecule has 158 valence electrons. The Bertz CT molecular complexity index is 1100. The van der Waals surface area contributed by atoms with Crippen LogP contribution in [0.2, 0.25) is 0 Å². The summed E-state index contributed by atoms with van der Waals surface area (Å²) >= 11 is 1.64. The van der Waals surface area contributed by atoms with E-state index in [0.29, 0.717) is 5.92 Å². The Morgan fingerprint density at radius 3 is 2.81 bits per heavy atom. The number of fused-ring (bicyclic) bond motifs is 1. The van der Waals surface area contributed by atoms with Crippen molar-refractivity contribution in [3.8, 4) is 0 Å². The summed E-state index contributed by atoms with van der Waals surface area (Å²) < 4.78 is 2.17. The average Bonchev–Trinajstić information content (AvgIpc) is 3.28. The number of nitrogens with one attached hydrogen (secondary N) is 3. The van der Waals surface area contributed by atoms with Crippen LogP contribution in [0, 0.1) is 0 Å². The number of nitrogens with zero attached hydrogens (tertiary/aromatic N) is 4. The minimum absolute atomic E-state index is 0.127. The SMILES string of the molecule is O=C(c1ccc(SN2C=C(Nc3cc(C4CC4)[nH]n3)[NH+]3C=CN=C3C2)cc1)N1CCC1. The van der Waals surface area contributed by atoms with Gasteiger partial charge < -0.3 is 4.90 Å². The summed E-state index contributed by atoms with van der Waals surface area (Å²) in [6.07, 6.45) is 9.60. The fourth-order valence-corrected chi connectivity index (χ4v) is 4.82. The number of aromatic nitrogens is 2. The van der Waals surface area contributed by atoms with Crippen LogP contribution in [0.25, 0.3) is 0 Å². The minimum atomic E-state index is 0.127. The molecular formula is C22H24N7OS+. The van der Waals surface area contributed by atoms with E-state index in [1.165, 1.54) is 18.5 Å². The van der Waals surface area contributed by atoms with Gasteiger partial charge in [-0.25, -0.2) is 9.89 Å². The quantitative estimate of drug-likeness (QED) is 0.607. The molecule has 0 bridgehead atoms. The molecule has 0 spiro atoms. The fourth-order valence-electron chi connectivity index (χ4n) is 3.94. The van der Waals surface area contributed by atoms with Crippen molar-refractivity contribution in [2.75, 3.05) is 25.0 Å². The van der Waals surface area contributed by atoms with E-state index in [2.05, 4.69) is 37.1 Å². The van der Waals surface area contributed by atoms with Crippen molar-refractivity contribution in [2.24, 2.45) is 4.99 Å². The molecule has 1 aromatic heterocycles. The number of amidine groups is 1. The van der Waals surface area contributed by atoms with Crippen molar-refractivity contribution in [1.82, 2.24) is 19.4 Å². The van der Waals surface area contributed by atoms with Crippen molar-refractivity contribution in [2.45, 2.75) is 30.1 Å². The highest BCUT2D eigenvalue weighted by molar-refractivity contribution is 7.97. The standard InChI is InChI=1S/C22H23N7OS/c30-22(27-9-1-10-27)16-4-6-17(7-5-16)31-28-13-20-23-8-11-29(20)21(14-28)24-19-12-18(25-26-19)15-2-3-15/h4-8,11-12,14-15H,1-3,9-10,13H2,(H2,24,25,26)/p+1. The van der Waals surface area contributed by atoms with Gasteiger partial charge in [0.05, 0.1) is 12.4 Å². The number of H-pyrrole nitrogens is 1. The number of anilines is 1. The third kappa shape index (κ3) is 3.75. The first-order chi connectivity index (χ1) is 15.2. The van der Waals surface area contributed by atoms with Crippen molar-refractivity contribution in [1.29, 1.82) is 0 Å². The third-order valence-corrected chi connectivity index (χ3v) is 6.95. The van der Waals surface area contributed by atoms with E-state index in [9.17, 15) is 4.79 Å². The van der Waals surface area contributed by atoms with Crippen molar-refractivity contribution >= 4 is 29.5 Å². The second-order valence-corrected chi connectivity index (χ2v) is 9.42. The second-order valence-electron chi connectivity index (χ2n) is 8.29. The number of carbonyl (C=O) groups excluding carboxylic acids is 1. The van der Waals surface area contributed by atoms with Gasteiger partial charge in [0.2, 0.25) is 11.7 Å². The number of aliphatic imine (C=N–C) groups is 1. The zero-order valence-corrected chi connectivity index (χ0v) is 17.9. The van der Waals surface area contributed by atoms with E-state index >= 15 is 0 Å². The highest BCUT2D eigenvalue weighted by Gasteiger charge is 2.33. The normalized spacial score (nSPS) is 22.0. The Hall–Kier alpha value is -3.04. The molecule has 6 rings (SSSR count). The number of carbonyl (C=O) groups is 1. The van der Waals surface area contributed by atoms with E-state index in [1.807, 2.05) is 41.6 Å². The van der Waals surface area contributed by atoms with Gasteiger partial charge in [-0.3, -0.25) is 19.5 Å². The molecule has 4 aliphatic rings. The van der Waals surface area contributed by atoms with Gasteiger partial charge in [0.25, 0.3) is 5.91 Å². The van der Waals surface area contributed by atoms with Gasteiger partial charge in [-0.1, -0.05) is 0 Å². The molecular weight excluding hydrogens is 410 g/mol. The number of aromatic amines is 1. The van der Waals surface area contributed by atoms with Crippen LogP contribution >= 0.6 is 11.9 Å². The Balaban J connectivity index is 1.17. The maximum absolute atomic E-state index is 12.4.